The third-order valence-corrected chi connectivity index (χ3v) is 6.34. The third kappa shape index (κ3) is 4.28. The topological polar surface area (TPSA) is 52.7 Å². The average Bonchev–Trinajstić information content (AvgIpc) is 2.48. The molecular formula is C15H29N3O2S. The molecule has 2 aliphatic rings. The van der Waals surface area contributed by atoms with Gasteiger partial charge in [0.05, 0.1) is 0 Å². The maximum atomic E-state index is 12.9. The number of hydrogen-bond donors (Lipinski definition) is 1. The fraction of sp³-hybridized carbons (Fsp3) is 0.867. The van der Waals surface area contributed by atoms with Crippen molar-refractivity contribution < 1.29 is 8.42 Å². The molecule has 1 fully saturated rings. The molecule has 2 rings (SSSR count). The van der Waals surface area contributed by atoms with E-state index in [2.05, 4.69) is 18.3 Å². The van der Waals surface area contributed by atoms with E-state index in [4.69, 9.17) is 0 Å². The first-order valence-corrected chi connectivity index (χ1v) is 9.58. The van der Waals surface area contributed by atoms with Crippen molar-refractivity contribution in [3.63, 3.8) is 0 Å². The Morgan fingerprint density at radius 3 is 2.86 bits per heavy atom. The van der Waals surface area contributed by atoms with Gasteiger partial charge in [-0.05, 0) is 39.2 Å². The van der Waals surface area contributed by atoms with Gasteiger partial charge in [0.15, 0.2) is 0 Å². The van der Waals surface area contributed by atoms with E-state index in [0.29, 0.717) is 19.6 Å². The van der Waals surface area contributed by atoms with Gasteiger partial charge in [-0.2, -0.15) is 17.0 Å². The standard InChI is InChI=1S/C15H29N3O2S/c1-3-9-16-12-15-8-4-5-11-18(15)21(19,20)17-10-6-7-14(2)13-17/h7,15-16H,3-6,8-13H2,1-2H3. The minimum absolute atomic E-state index is 0.113. The van der Waals surface area contributed by atoms with Gasteiger partial charge in [-0.1, -0.05) is 25.0 Å². The van der Waals surface area contributed by atoms with Gasteiger partial charge in [-0.3, -0.25) is 0 Å². The van der Waals surface area contributed by atoms with Gasteiger partial charge in [-0.25, -0.2) is 0 Å². The highest BCUT2D eigenvalue weighted by Crippen LogP contribution is 2.24. The molecule has 0 amide bonds. The first-order valence-electron chi connectivity index (χ1n) is 8.19. The van der Waals surface area contributed by atoms with Crippen molar-refractivity contribution in [3.05, 3.63) is 11.6 Å². The molecule has 6 heteroatoms. The molecule has 1 unspecified atom stereocenters. The summed E-state index contributed by atoms with van der Waals surface area (Å²) < 4.78 is 29.3. The number of rotatable bonds is 6. The highest BCUT2D eigenvalue weighted by Gasteiger charge is 2.36. The summed E-state index contributed by atoms with van der Waals surface area (Å²) in [5.41, 5.74) is 1.16. The van der Waals surface area contributed by atoms with Crippen LogP contribution < -0.4 is 5.32 Å². The summed E-state index contributed by atoms with van der Waals surface area (Å²) in [6, 6.07) is 0.113. The zero-order valence-corrected chi connectivity index (χ0v) is 14.2. The average molecular weight is 315 g/mol. The van der Waals surface area contributed by atoms with Gasteiger partial charge >= 0.3 is 0 Å². The lowest BCUT2D eigenvalue weighted by Crippen LogP contribution is -2.54. The lowest BCUT2D eigenvalue weighted by molar-refractivity contribution is 0.227. The molecule has 0 spiro atoms. The molecule has 0 aromatic rings. The second-order valence-corrected chi connectivity index (χ2v) is 8.03. The smallest absolute Gasteiger partial charge is 0.282 e. The van der Waals surface area contributed by atoms with E-state index in [1.807, 2.05) is 6.92 Å². The Morgan fingerprint density at radius 2 is 2.14 bits per heavy atom. The summed E-state index contributed by atoms with van der Waals surface area (Å²) in [5.74, 6) is 0. The van der Waals surface area contributed by atoms with Crippen molar-refractivity contribution in [1.82, 2.24) is 13.9 Å². The van der Waals surface area contributed by atoms with Crippen molar-refractivity contribution >= 4 is 10.2 Å². The summed E-state index contributed by atoms with van der Waals surface area (Å²) >= 11 is 0. The van der Waals surface area contributed by atoms with Gasteiger partial charge < -0.3 is 5.32 Å². The van der Waals surface area contributed by atoms with Gasteiger partial charge in [0.25, 0.3) is 10.2 Å². The van der Waals surface area contributed by atoms with Crippen molar-refractivity contribution in [2.75, 3.05) is 32.7 Å². The Hall–Kier alpha value is -0.430. The summed E-state index contributed by atoms with van der Waals surface area (Å²) in [4.78, 5) is 0. The van der Waals surface area contributed by atoms with E-state index in [1.165, 1.54) is 0 Å². The molecule has 0 aromatic carbocycles. The molecular weight excluding hydrogens is 286 g/mol. The molecule has 0 saturated carbocycles. The zero-order chi connectivity index (χ0) is 15.3. The number of hydrogen-bond acceptors (Lipinski definition) is 3. The number of piperidine rings is 1. The van der Waals surface area contributed by atoms with Crippen LogP contribution >= 0.6 is 0 Å². The maximum absolute atomic E-state index is 12.9. The molecule has 122 valence electrons. The van der Waals surface area contributed by atoms with E-state index in [1.54, 1.807) is 8.61 Å². The van der Waals surface area contributed by atoms with Gasteiger partial charge in [0.2, 0.25) is 0 Å². The molecule has 2 heterocycles. The zero-order valence-electron chi connectivity index (χ0n) is 13.3. The van der Waals surface area contributed by atoms with Crippen molar-refractivity contribution in [2.24, 2.45) is 0 Å². The van der Waals surface area contributed by atoms with Gasteiger partial charge in [0, 0.05) is 32.2 Å². The van der Waals surface area contributed by atoms with E-state index in [9.17, 15) is 8.42 Å². The third-order valence-electron chi connectivity index (χ3n) is 4.30. The molecule has 0 bridgehead atoms. The van der Waals surface area contributed by atoms with Crippen LogP contribution in [0.25, 0.3) is 0 Å². The van der Waals surface area contributed by atoms with Crippen LogP contribution in [0.15, 0.2) is 11.6 Å². The summed E-state index contributed by atoms with van der Waals surface area (Å²) in [5, 5.41) is 3.38. The van der Waals surface area contributed by atoms with E-state index in [0.717, 1.165) is 50.8 Å². The molecule has 0 aromatic heterocycles. The van der Waals surface area contributed by atoms with Crippen LogP contribution in [-0.2, 0) is 10.2 Å². The monoisotopic (exact) mass is 315 g/mol. The van der Waals surface area contributed by atoms with Crippen LogP contribution in [0.2, 0.25) is 0 Å². The fourth-order valence-corrected chi connectivity index (χ4v) is 5.07. The lowest BCUT2D eigenvalue weighted by atomic mass is 10.1. The van der Waals surface area contributed by atoms with E-state index < -0.39 is 10.2 Å². The normalized spacial score (nSPS) is 25.8. The minimum Gasteiger partial charge on any atom is -0.315 e. The number of nitrogens with zero attached hydrogens (tertiary/aromatic N) is 2. The van der Waals surface area contributed by atoms with Crippen molar-refractivity contribution in [1.29, 1.82) is 0 Å². The van der Waals surface area contributed by atoms with Crippen LogP contribution in [0, 0.1) is 0 Å². The van der Waals surface area contributed by atoms with Crippen LogP contribution in [0.5, 0.6) is 0 Å². The molecule has 2 aliphatic heterocycles. The predicted octanol–water partition coefficient (Wildman–Crippen LogP) is 1.74. The van der Waals surface area contributed by atoms with Gasteiger partial charge in [-0.15, -0.1) is 0 Å². The SMILES string of the molecule is CCCNCC1CCCCN1S(=O)(=O)N1CCC=C(C)C1. The Balaban J connectivity index is 2.06. The van der Waals surface area contributed by atoms with E-state index >= 15 is 0 Å². The molecule has 0 radical (unpaired) electrons. The van der Waals surface area contributed by atoms with Crippen molar-refractivity contribution in [3.8, 4) is 0 Å². The molecule has 21 heavy (non-hydrogen) atoms. The van der Waals surface area contributed by atoms with Crippen molar-refractivity contribution in [2.45, 2.75) is 52.0 Å². The second kappa shape index (κ2) is 7.72. The Kier molecular flexibility index (Phi) is 6.22. The highest BCUT2D eigenvalue weighted by molar-refractivity contribution is 7.86. The van der Waals surface area contributed by atoms with E-state index in [-0.39, 0.29) is 6.04 Å². The first kappa shape index (κ1) is 16.9. The largest absolute Gasteiger partial charge is 0.315 e. The molecule has 1 atom stereocenters. The summed E-state index contributed by atoms with van der Waals surface area (Å²) in [6.07, 6.45) is 7.13. The Bertz CT molecular complexity index is 462. The summed E-state index contributed by atoms with van der Waals surface area (Å²) in [6.45, 7) is 7.70. The Labute approximate surface area is 129 Å². The van der Waals surface area contributed by atoms with Crippen LogP contribution in [0.4, 0.5) is 0 Å². The van der Waals surface area contributed by atoms with Gasteiger partial charge in [0.1, 0.15) is 0 Å². The first-order chi connectivity index (χ1) is 10.1. The van der Waals surface area contributed by atoms with Crippen LogP contribution in [0.3, 0.4) is 0 Å². The Morgan fingerprint density at radius 1 is 1.33 bits per heavy atom. The highest BCUT2D eigenvalue weighted by atomic mass is 32.2. The maximum Gasteiger partial charge on any atom is 0.282 e. The number of nitrogens with one attached hydrogen (secondary N) is 1. The molecule has 5 nitrogen and oxygen atoms in total. The lowest BCUT2D eigenvalue weighted by Gasteiger charge is -2.39. The van der Waals surface area contributed by atoms with Crippen LogP contribution in [-0.4, -0.2) is 55.8 Å². The molecule has 0 aliphatic carbocycles. The quantitative estimate of drug-likeness (QED) is 0.600. The minimum atomic E-state index is -3.32. The predicted molar refractivity (Wildman–Crippen MR) is 86.4 cm³/mol. The second-order valence-electron chi connectivity index (χ2n) is 6.14. The summed E-state index contributed by atoms with van der Waals surface area (Å²) in [7, 11) is -3.32. The molecule has 1 N–H and O–H groups in total. The molecule has 1 saturated heterocycles. The fourth-order valence-electron chi connectivity index (χ4n) is 3.15. The van der Waals surface area contributed by atoms with Crippen LogP contribution in [0.1, 0.15) is 46.0 Å².